The van der Waals surface area contributed by atoms with Crippen molar-refractivity contribution in [3.8, 4) is 11.3 Å². The molecule has 0 saturated carbocycles. The molecule has 5 aromatic rings. The predicted octanol–water partition coefficient (Wildman–Crippen LogP) is 8.30. The maximum atomic E-state index is 12.1. The van der Waals surface area contributed by atoms with E-state index in [2.05, 4.69) is 131 Å². The monoisotopic (exact) mass is 610 g/mol. The minimum absolute atomic E-state index is 0.0830. The molecule has 1 aliphatic heterocycles. The van der Waals surface area contributed by atoms with Gasteiger partial charge in [0.25, 0.3) is 0 Å². The molecule has 0 spiro atoms. The van der Waals surface area contributed by atoms with E-state index in [1.54, 1.807) is 0 Å². The van der Waals surface area contributed by atoms with E-state index in [0.717, 1.165) is 48.4 Å². The molecule has 0 saturated heterocycles. The van der Waals surface area contributed by atoms with Crippen LogP contribution in [-0.4, -0.2) is 40.8 Å². The first-order valence-corrected chi connectivity index (χ1v) is 16.4. The molecule has 0 fully saturated rings. The Balaban J connectivity index is 1.34. The number of hydrogen-bond donors (Lipinski definition) is 4. The van der Waals surface area contributed by atoms with E-state index in [1.807, 2.05) is 18.2 Å². The summed E-state index contributed by atoms with van der Waals surface area (Å²) in [5.74, 6) is 0.0830. The third-order valence-corrected chi connectivity index (χ3v) is 8.92. The van der Waals surface area contributed by atoms with Gasteiger partial charge >= 0.3 is 0 Å². The lowest BCUT2D eigenvalue weighted by molar-refractivity contribution is -0.438. The first kappa shape index (κ1) is 31.1. The summed E-state index contributed by atoms with van der Waals surface area (Å²) in [4.78, 5) is 15.8. The highest BCUT2D eigenvalue weighted by molar-refractivity contribution is 6.08. The van der Waals surface area contributed by atoms with Crippen molar-refractivity contribution >= 4 is 45.7 Å². The fraction of sp³-hybridized carbons (Fsp3) is 0.250. The molecule has 6 nitrogen and oxygen atoms in total. The Morgan fingerprint density at radius 3 is 2.37 bits per heavy atom. The van der Waals surface area contributed by atoms with Crippen LogP contribution in [0.2, 0.25) is 0 Å². The number of aromatic nitrogens is 1. The van der Waals surface area contributed by atoms with Gasteiger partial charge in [-0.25, -0.2) is 0 Å². The Morgan fingerprint density at radius 1 is 0.848 bits per heavy atom. The van der Waals surface area contributed by atoms with E-state index < -0.39 is 0 Å². The standard InChI is InChI=1S/C40H43N5O/c1-40(2)34-28-31(43-30-16-8-4-9-17-30)21-23-36(34)45(27-13-5-10-20-38(46)42-26-25-41)37(40)24-22-33-32-18-11-12-19-35(32)44-39(33)29-14-6-3-7-15-29/h3-4,6-9,11-12,14-19,21-24,28,43H,5,10,13,20,25-27,41H2,1-2H3,(H,42,46)/p+1. The van der Waals surface area contributed by atoms with Crippen molar-refractivity contribution in [1.82, 2.24) is 10.3 Å². The zero-order chi connectivity index (χ0) is 31.9. The van der Waals surface area contributed by atoms with E-state index in [4.69, 9.17) is 5.73 Å². The molecular weight excluding hydrogens is 566 g/mol. The van der Waals surface area contributed by atoms with Crippen LogP contribution >= 0.6 is 0 Å². The Morgan fingerprint density at radius 2 is 1.59 bits per heavy atom. The van der Waals surface area contributed by atoms with E-state index in [-0.39, 0.29) is 11.3 Å². The van der Waals surface area contributed by atoms with Crippen molar-refractivity contribution < 1.29 is 9.37 Å². The number of para-hydroxylation sites is 2. The van der Waals surface area contributed by atoms with Crippen molar-refractivity contribution in [2.45, 2.75) is 44.9 Å². The van der Waals surface area contributed by atoms with Gasteiger partial charge < -0.3 is 21.4 Å². The quantitative estimate of drug-likeness (QED) is 0.0799. The molecule has 234 valence electrons. The summed E-state index contributed by atoms with van der Waals surface area (Å²) in [6.07, 6.45) is 7.99. The van der Waals surface area contributed by atoms with Gasteiger partial charge in [-0.3, -0.25) is 4.79 Å². The number of amides is 1. The van der Waals surface area contributed by atoms with Gasteiger partial charge in [-0.05, 0) is 68.7 Å². The number of aromatic amines is 1. The van der Waals surface area contributed by atoms with Crippen molar-refractivity contribution in [1.29, 1.82) is 0 Å². The van der Waals surface area contributed by atoms with Crippen LogP contribution in [0.1, 0.15) is 50.7 Å². The van der Waals surface area contributed by atoms with Crippen LogP contribution in [0.25, 0.3) is 28.2 Å². The van der Waals surface area contributed by atoms with Gasteiger partial charge in [0.1, 0.15) is 6.54 Å². The van der Waals surface area contributed by atoms with Crippen molar-refractivity contribution in [2.75, 3.05) is 25.0 Å². The second kappa shape index (κ2) is 14.0. The lowest BCUT2D eigenvalue weighted by Crippen LogP contribution is -2.28. The molecule has 0 radical (unpaired) electrons. The van der Waals surface area contributed by atoms with Crippen molar-refractivity contribution in [2.24, 2.45) is 5.73 Å². The molecule has 5 N–H and O–H groups in total. The Kier molecular flexibility index (Phi) is 9.46. The predicted molar refractivity (Wildman–Crippen MR) is 192 cm³/mol. The third kappa shape index (κ3) is 6.68. The molecule has 2 heterocycles. The van der Waals surface area contributed by atoms with E-state index >= 15 is 0 Å². The highest BCUT2D eigenvalue weighted by atomic mass is 16.1. The van der Waals surface area contributed by atoms with Gasteiger partial charge in [-0.15, -0.1) is 0 Å². The molecule has 0 aliphatic carbocycles. The summed E-state index contributed by atoms with van der Waals surface area (Å²) < 4.78 is 2.49. The van der Waals surface area contributed by atoms with Crippen LogP contribution in [0, 0.1) is 0 Å². The number of benzene rings is 4. The fourth-order valence-corrected chi connectivity index (χ4v) is 6.55. The molecule has 46 heavy (non-hydrogen) atoms. The average molecular weight is 611 g/mol. The topological polar surface area (TPSA) is 86.0 Å². The van der Waals surface area contributed by atoms with E-state index in [0.29, 0.717) is 19.5 Å². The number of allylic oxidation sites excluding steroid dienone is 1. The van der Waals surface area contributed by atoms with Gasteiger partial charge in [0, 0.05) is 71.5 Å². The van der Waals surface area contributed by atoms with Gasteiger partial charge in [0.05, 0.1) is 11.1 Å². The van der Waals surface area contributed by atoms with Gasteiger partial charge in [0.15, 0.2) is 5.71 Å². The number of fused-ring (bicyclic) bond motifs is 2. The molecule has 1 aromatic heterocycles. The number of rotatable bonds is 13. The minimum Gasteiger partial charge on any atom is -0.356 e. The Bertz CT molecular complexity index is 1870. The Labute approximate surface area is 272 Å². The number of nitrogens with two attached hydrogens (primary N) is 1. The SMILES string of the molecule is CC1(C)C(/C=C/c2c(-c3ccccc3)[nH]c3ccccc23)=[N+](CCCCCC(=O)NCCN)c2ccc(Nc3ccccc3)cc21. The second-order valence-corrected chi connectivity index (χ2v) is 12.5. The fourth-order valence-electron chi connectivity index (χ4n) is 6.55. The average Bonchev–Trinajstić information content (AvgIpc) is 3.55. The van der Waals surface area contributed by atoms with Crippen LogP contribution in [0.5, 0.6) is 0 Å². The molecule has 4 aromatic carbocycles. The maximum absolute atomic E-state index is 12.1. The van der Waals surface area contributed by atoms with Gasteiger partial charge in [-0.1, -0.05) is 66.7 Å². The number of unbranched alkanes of at least 4 members (excludes halogenated alkanes) is 2. The van der Waals surface area contributed by atoms with Crippen LogP contribution in [-0.2, 0) is 10.2 Å². The number of nitrogens with zero attached hydrogens (tertiary/aromatic N) is 1. The number of carbonyl (C=O) groups excluding carboxylic acids is 1. The number of anilines is 2. The van der Waals surface area contributed by atoms with E-state index in [9.17, 15) is 4.79 Å². The van der Waals surface area contributed by atoms with Gasteiger partial charge in [-0.2, -0.15) is 4.58 Å². The van der Waals surface area contributed by atoms with Gasteiger partial charge in [0.2, 0.25) is 11.6 Å². The lowest BCUT2D eigenvalue weighted by atomic mass is 9.81. The first-order chi connectivity index (χ1) is 22.5. The van der Waals surface area contributed by atoms with Crippen LogP contribution in [0.3, 0.4) is 0 Å². The second-order valence-electron chi connectivity index (χ2n) is 12.5. The van der Waals surface area contributed by atoms with Crippen molar-refractivity contribution in [3.05, 3.63) is 120 Å². The van der Waals surface area contributed by atoms with Crippen LogP contribution in [0.15, 0.2) is 109 Å². The molecule has 6 heteroatoms. The van der Waals surface area contributed by atoms with Crippen LogP contribution < -0.4 is 16.4 Å². The number of nitrogens with one attached hydrogen (secondary N) is 3. The largest absolute Gasteiger partial charge is 0.356 e. The molecule has 0 unspecified atom stereocenters. The summed E-state index contributed by atoms with van der Waals surface area (Å²) in [6.45, 7) is 6.54. The Hall–Kier alpha value is -4.94. The third-order valence-electron chi connectivity index (χ3n) is 8.92. The number of carbonyl (C=O) groups is 1. The summed E-state index contributed by atoms with van der Waals surface area (Å²) in [5.41, 5.74) is 15.9. The molecule has 1 aliphatic rings. The number of hydrogen-bond acceptors (Lipinski definition) is 3. The highest BCUT2D eigenvalue weighted by Crippen LogP contribution is 2.42. The summed E-state index contributed by atoms with van der Waals surface area (Å²) in [5, 5.41) is 7.68. The van der Waals surface area contributed by atoms with Crippen LogP contribution in [0.4, 0.5) is 17.1 Å². The lowest BCUT2D eigenvalue weighted by Gasteiger charge is -2.17. The summed E-state index contributed by atoms with van der Waals surface area (Å²) in [6, 6.07) is 36.1. The first-order valence-electron chi connectivity index (χ1n) is 16.4. The smallest absolute Gasteiger partial charge is 0.220 e. The minimum atomic E-state index is -0.221. The molecule has 1 amide bonds. The summed E-state index contributed by atoms with van der Waals surface area (Å²) in [7, 11) is 0. The zero-order valence-corrected chi connectivity index (χ0v) is 26.9. The summed E-state index contributed by atoms with van der Waals surface area (Å²) >= 11 is 0. The number of H-pyrrole nitrogens is 1. The molecule has 0 bridgehead atoms. The highest BCUT2D eigenvalue weighted by Gasteiger charge is 2.44. The molecular formula is C40H44N5O+. The zero-order valence-electron chi connectivity index (χ0n) is 26.9. The van der Waals surface area contributed by atoms with E-state index in [1.165, 1.54) is 33.5 Å². The maximum Gasteiger partial charge on any atom is 0.220 e. The molecule has 0 atom stereocenters. The van der Waals surface area contributed by atoms with Crippen molar-refractivity contribution in [3.63, 3.8) is 0 Å². The molecule has 6 rings (SSSR count). The normalized spacial score (nSPS) is 13.8.